The average molecular weight is 168 g/mol. The van der Waals surface area contributed by atoms with Crippen LogP contribution in [0.5, 0.6) is 0 Å². The van der Waals surface area contributed by atoms with Crippen molar-refractivity contribution < 1.29 is 0 Å². The van der Waals surface area contributed by atoms with Gasteiger partial charge in [0.05, 0.1) is 0 Å². The van der Waals surface area contributed by atoms with E-state index in [1.54, 1.807) is 6.33 Å². The second-order valence-corrected chi connectivity index (χ2v) is 2.70. The molecule has 68 valence electrons. The van der Waals surface area contributed by atoms with Crippen molar-refractivity contribution in [3.05, 3.63) is 12.2 Å². The third kappa shape index (κ3) is 2.30. The lowest BCUT2D eigenvalue weighted by atomic mass is 10.3. The maximum absolute atomic E-state index is 4.18. The molecular weight excluding hydrogens is 152 g/mol. The molecule has 0 saturated carbocycles. The summed E-state index contributed by atoms with van der Waals surface area (Å²) in [4.78, 5) is 4.18. The molecule has 0 aliphatic rings. The lowest BCUT2D eigenvalue weighted by Crippen LogP contribution is -2.11. The Morgan fingerprint density at radius 3 is 3.08 bits per heavy atom. The summed E-state index contributed by atoms with van der Waals surface area (Å²) in [6.45, 7) is 4.03. The molecular formula is C8H16N4. The molecule has 1 heterocycles. The molecule has 0 aliphatic heterocycles. The molecule has 1 aromatic rings. The van der Waals surface area contributed by atoms with Crippen molar-refractivity contribution in [3.8, 4) is 0 Å². The Kier molecular flexibility index (Phi) is 3.73. The van der Waals surface area contributed by atoms with Gasteiger partial charge in [0, 0.05) is 13.0 Å². The van der Waals surface area contributed by atoms with Crippen LogP contribution >= 0.6 is 0 Å². The van der Waals surface area contributed by atoms with Crippen molar-refractivity contribution in [1.29, 1.82) is 0 Å². The van der Waals surface area contributed by atoms with Crippen LogP contribution in [0, 0.1) is 0 Å². The number of rotatable bonds is 5. The van der Waals surface area contributed by atoms with E-state index in [4.69, 9.17) is 0 Å². The Morgan fingerprint density at radius 1 is 1.58 bits per heavy atom. The van der Waals surface area contributed by atoms with Gasteiger partial charge in [-0.2, -0.15) is 5.10 Å². The molecule has 0 bridgehead atoms. The molecule has 0 fully saturated rings. The maximum Gasteiger partial charge on any atom is 0.138 e. The third-order valence-corrected chi connectivity index (χ3v) is 1.82. The lowest BCUT2D eigenvalue weighted by Gasteiger charge is -2.01. The van der Waals surface area contributed by atoms with Gasteiger partial charge < -0.3 is 5.32 Å². The summed E-state index contributed by atoms with van der Waals surface area (Å²) in [5.74, 6) is 1.09. The van der Waals surface area contributed by atoms with Gasteiger partial charge >= 0.3 is 0 Å². The number of nitrogens with one attached hydrogen (secondary N) is 1. The van der Waals surface area contributed by atoms with Gasteiger partial charge in [-0.25, -0.2) is 4.98 Å². The van der Waals surface area contributed by atoms with E-state index in [0.717, 1.165) is 31.8 Å². The summed E-state index contributed by atoms with van der Waals surface area (Å²) < 4.78 is 1.94. The van der Waals surface area contributed by atoms with E-state index in [0.29, 0.717) is 0 Å². The van der Waals surface area contributed by atoms with E-state index in [1.165, 1.54) is 0 Å². The fourth-order valence-electron chi connectivity index (χ4n) is 1.17. The highest BCUT2D eigenvalue weighted by molar-refractivity contribution is 4.84. The standard InChI is InChI=1S/C8H16N4/c1-3-12-8(10-7-11-12)5-4-6-9-2/h7,9H,3-6H2,1-2H3. The molecule has 0 amide bonds. The monoisotopic (exact) mass is 168 g/mol. The van der Waals surface area contributed by atoms with Gasteiger partial charge in [0.2, 0.25) is 0 Å². The first kappa shape index (κ1) is 9.19. The Balaban J connectivity index is 2.39. The van der Waals surface area contributed by atoms with E-state index >= 15 is 0 Å². The van der Waals surface area contributed by atoms with E-state index in [9.17, 15) is 0 Å². The fraction of sp³-hybridized carbons (Fsp3) is 0.750. The van der Waals surface area contributed by atoms with E-state index in [-0.39, 0.29) is 0 Å². The summed E-state index contributed by atoms with van der Waals surface area (Å²) >= 11 is 0. The van der Waals surface area contributed by atoms with Crippen LogP contribution in [0.1, 0.15) is 19.2 Å². The molecule has 0 aliphatic carbocycles. The van der Waals surface area contributed by atoms with Crippen LogP contribution in [0.4, 0.5) is 0 Å². The minimum atomic E-state index is 0.912. The van der Waals surface area contributed by atoms with Gasteiger partial charge in [-0.05, 0) is 26.9 Å². The number of hydrogen-bond acceptors (Lipinski definition) is 3. The Morgan fingerprint density at radius 2 is 2.42 bits per heavy atom. The molecule has 4 heteroatoms. The van der Waals surface area contributed by atoms with Crippen LogP contribution in [0.2, 0.25) is 0 Å². The van der Waals surface area contributed by atoms with Crippen molar-refractivity contribution in [2.75, 3.05) is 13.6 Å². The summed E-state index contributed by atoms with van der Waals surface area (Å²) in [7, 11) is 1.96. The van der Waals surface area contributed by atoms with Crippen molar-refractivity contribution in [2.45, 2.75) is 26.3 Å². The summed E-state index contributed by atoms with van der Waals surface area (Å²) in [5, 5.41) is 7.21. The lowest BCUT2D eigenvalue weighted by molar-refractivity contribution is 0.595. The number of aromatic nitrogens is 3. The zero-order valence-electron chi connectivity index (χ0n) is 7.75. The van der Waals surface area contributed by atoms with Crippen molar-refractivity contribution in [3.63, 3.8) is 0 Å². The molecule has 1 rings (SSSR count). The van der Waals surface area contributed by atoms with Crippen molar-refractivity contribution >= 4 is 0 Å². The average Bonchev–Trinajstić information content (AvgIpc) is 2.52. The van der Waals surface area contributed by atoms with Crippen LogP contribution < -0.4 is 5.32 Å². The highest BCUT2D eigenvalue weighted by Gasteiger charge is 2.00. The van der Waals surface area contributed by atoms with Gasteiger partial charge in [0.1, 0.15) is 12.2 Å². The van der Waals surface area contributed by atoms with Crippen molar-refractivity contribution in [1.82, 2.24) is 20.1 Å². The minimum absolute atomic E-state index is 0.912. The molecule has 0 unspecified atom stereocenters. The zero-order valence-corrected chi connectivity index (χ0v) is 7.75. The van der Waals surface area contributed by atoms with Crippen LogP contribution in [0.25, 0.3) is 0 Å². The molecule has 4 nitrogen and oxygen atoms in total. The summed E-state index contributed by atoms with van der Waals surface area (Å²) in [5.41, 5.74) is 0. The van der Waals surface area contributed by atoms with Crippen LogP contribution in [-0.2, 0) is 13.0 Å². The largest absolute Gasteiger partial charge is 0.320 e. The second kappa shape index (κ2) is 4.87. The second-order valence-electron chi connectivity index (χ2n) is 2.70. The molecule has 0 spiro atoms. The predicted octanol–water partition coefficient (Wildman–Crippen LogP) is 0.450. The zero-order chi connectivity index (χ0) is 8.81. The summed E-state index contributed by atoms with van der Waals surface area (Å²) in [6, 6.07) is 0. The summed E-state index contributed by atoms with van der Waals surface area (Å²) in [6.07, 6.45) is 3.75. The molecule has 0 aromatic carbocycles. The Bertz CT molecular complexity index is 219. The van der Waals surface area contributed by atoms with Crippen LogP contribution in [-0.4, -0.2) is 28.4 Å². The maximum atomic E-state index is 4.18. The van der Waals surface area contributed by atoms with Crippen LogP contribution in [0.3, 0.4) is 0 Å². The fourth-order valence-corrected chi connectivity index (χ4v) is 1.17. The van der Waals surface area contributed by atoms with E-state index in [2.05, 4.69) is 22.3 Å². The van der Waals surface area contributed by atoms with Gasteiger partial charge in [0.25, 0.3) is 0 Å². The quantitative estimate of drug-likeness (QED) is 0.649. The van der Waals surface area contributed by atoms with Gasteiger partial charge in [-0.1, -0.05) is 0 Å². The highest BCUT2D eigenvalue weighted by atomic mass is 15.3. The number of aryl methyl sites for hydroxylation is 2. The first-order valence-electron chi connectivity index (χ1n) is 4.39. The minimum Gasteiger partial charge on any atom is -0.320 e. The molecule has 0 saturated heterocycles. The highest BCUT2D eigenvalue weighted by Crippen LogP contribution is 1.97. The molecule has 0 radical (unpaired) electrons. The molecule has 1 N–H and O–H groups in total. The smallest absolute Gasteiger partial charge is 0.138 e. The first-order chi connectivity index (χ1) is 5.88. The van der Waals surface area contributed by atoms with Crippen molar-refractivity contribution in [2.24, 2.45) is 0 Å². The Labute approximate surface area is 73.0 Å². The van der Waals surface area contributed by atoms with Crippen LogP contribution in [0.15, 0.2) is 6.33 Å². The normalized spacial score (nSPS) is 10.5. The Hall–Kier alpha value is -0.900. The van der Waals surface area contributed by atoms with Gasteiger partial charge in [-0.3, -0.25) is 4.68 Å². The SMILES string of the molecule is CCn1ncnc1CCCNC. The third-order valence-electron chi connectivity index (χ3n) is 1.82. The first-order valence-corrected chi connectivity index (χ1v) is 4.39. The van der Waals surface area contributed by atoms with Gasteiger partial charge in [0.15, 0.2) is 0 Å². The number of nitrogens with zero attached hydrogens (tertiary/aromatic N) is 3. The molecule has 12 heavy (non-hydrogen) atoms. The van der Waals surface area contributed by atoms with Gasteiger partial charge in [-0.15, -0.1) is 0 Å². The van der Waals surface area contributed by atoms with E-state index < -0.39 is 0 Å². The van der Waals surface area contributed by atoms with E-state index in [1.807, 2.05) is 11.7 Å². The predicted molar refractivity (Wildman–Crippen MR) is 47.9 cm³/mol. The molecule has 0 atom stereocenters. The topological polar surface area (TPSA) is 42.7 Å². The number of hydrogen-bond donors (Lipinski definition) is 1. The molecule has 1 aromatic heterocycles.